The quantitative estimate of drug-likeness (QED) is 0.482. The largest absolute Gasteiger partial charge is 0.293 e. The highest BCUT2D eigenvalue weighted by Crippen LogP contribution is 2.26. The number of aryl methyl sites for hydroxylation is 3. The Morgan fingerprint density at radius 1 is 1.00 bits per heavy atom. The summed E-state index contributed by atoms with van der Waals surface area (Å²) in [4.78, 5) is 12.9. The first-order valence-corrected chi connectivity index (χ1v) is 9.58. The molecule has 0 atom stereocenters. The van der Waals surface area contributed by atoms with Crippen molar-refractivity contribution in [3.8, 4) is 5.69 Å². The van der Waals surface area contributed by atoms with Gasteiger partial charge in [0.15, 0.2) is 10.9 Å². The lowest BCUT2D eigenvalue weighted by Crippen LogP contribution is -2.10. The number of benzene rings is 2. The molecule has 26 heavy (non-hydrogen) atoms. The topological polar surface area (TPSA) is 47.8 Å². The lowest BCUT2D eigenvalue weighted by molar-refractivity contribution is 0.102. The third kappa shape index (κ3) is 3.44. The molecular formula is C21H23N3OS. The molecule has 5 heteroatoms. The molecule has 134 valence electrons. The van der Waals surface area contributed by atoms with Crippen molar-refractivity contribution in [2.75, 3.05) is 5.75 Å². The summed E-state index contributed by atoms with van der Waals surface area (Å²) < 4.78 is 1.94. The zero-order valence-corrected chi connectivity index (χ0v) is 16.6. The van der Waals surface area contributed by atoms with Gasteiger partial charge in [-0.2, -0.15) is 0 Å². The van der Waals surface area contributed by atoms with Gasteiger partial charge in [-0.05, 0) is 68.5 Å². The molecule has 4 nitrogen and oxygen atoms in total. The van der Waals surface area contributed by atoms with Gasteiger partial charge in [-0.25, -0.2) is 0 Å². The molecule has 1 aromatic heterocycles. The molecule has 1 heterocycles. The summed E-state index contributed by atoms with van der Waals surface area (Å²) in [5.74, 6) is 0.478. The monoisotopic (exact) mass is 365 g/mol. The molecule has 0 spiro atoms. The minimum absolute atomic E-state index is 0.135. The predicted molar refractivity (Wildman–Crippen MR) is 107 cm³/mol. The van der Waals surface area contributed by atoms with E-state index in [1.807, 2.05) is 36.6 Å². The molecule has 0 unspecified atom stereocenters. The second-order valence-corrected chi connectivity index (χ2v) is 7.56. The normalized spacial score (nSPS) is 11.0. The molecule has 0 aliphatic carbocycles. The Hall–Kier alpha value is -2.40. The Kier molecular flexibility index (Phi) is 5.28. The highest BCUT2D eigenvalue weighted by Gasteiger charge is 2.18. The maximum Gasteiger partial charge on any atom is 0.196 e. The van der Waals surface area contributed by atoms with Gasteiger partial charge in [0.25, 0.3) is 0 Å². The number of carbonyl (C=O) groups excluding carboxylic acids is 1. The van der Waals surface area contributed by atoms with Crippen LogP contribution in [0.4, 0.5) is 0 Å². The minimum Gasteiger partial charge on any atom is -0.293 e. The molecule has 0 bridgehead atoms. The van der Waals surface area contributed by atoms with Gasteiger partial charge < -0.3 is 0 Å². The van der Waals surface area contributed by atoms with Crippen LogP contribution in [-0.2, 0) is 0 Å². The van der Waals surface area contributed by atoms with Crippen molar-refractivity contribution >= 4 is 17.5 Å². The zero-order chi connectivity index (χ0) is 18.8. The average molecular weight is 366 g/mol. The second kappa shape index (κ2) is 7.46. The maximum atomic E-state index is 12.9. The second-order valence-electron chi connectivity index (χ2n) is 6.62. The van der Waals surface area contributed by atoms with Crippen molar-refractivity contribution in [3.63, 3.8) is 0 Å². The number of ketones is 1. The predicted octanol–water partition coefficient (Wildman–Crippen LogP) is 4.78. The fraction of sp³-hybridized carbons (Fsp3) is 0.286. The number of para-hydroxylation sites is 1. The molecule has 3 aromatic rings. The summed E-state index contributed by atoms with van der Waals surface area (Å²) >= 11 is 1.43. The summed E-state index contributed by atoms with van der Waals surface area (Å²) in [6.45, 7) is 10.2. The summed E-state index contributed by atoms with van der Waals surface area (Å²) in [6, 6.07) is 10.2. The number of rotatable bonds is 5. The third-order valence-electron chi connectivity index (χ3n) is 4.87. The van der Waals surface area contributed by atoms with Gasteiger partial charge in [0.05, 0.1) is 11.4 Å². The van der Waals surface area contributed by atoms with E-state index in [0.29, 0.717) is 5.75 Å². The van der Waals surface area contributed by atoms with E-state index in [-0.39, 0.29) is 5.78 Å². The number of aromatic nitrogens is 3. The van der Waals surface area contributed by atoms with E-state index >= 15 is 0 Å². The van der Waals surface area contributed by atoms with Crippen LogP contribution in [0.3, 0.4) is 0 Å². The molecule has 0 amide bonds. The van der Waals surface area contributed by atoms with Crippen molar-refractivity contribution in [2.45, 2.75) is 39.8 Å². The molecule has 0 radical (unpaired) electrons. The summed E-state index contributed by atoms with van der Waals surface area (Å²) in [5, 5.41) is 8.97. The van der Waals surface area contributed by atoms with Gasteiger partial charge in [0.1, 0.15) is 6.33 Å². The van der Waals surface area contributed by atoms with Gasteiger partial charge in [-0.15, -0.1) is 10.2 Å². The van der Waals surface area contributed by atoms with Gasteiger partial charge in [0, 0.05) is 5.56 Å². The molecule has 0 fully saturated rings. The molecule has 0 saturated heterocycles. The van der Waals surface area contributed by atoms with E-state index in [9.17, 15) is 4.79 Å². The van der Waals surface area contributed by atoms with Gasteiger partial charge in [0.2, 0.25) is 0 Å². The molecule has 3 rings (SSSR count). The number of hydrogen-bond donors (Lipinski definition) is 0. The number of carbonyl (C=O) groups is 1. The Morgan fingerprint density at radius 3 is 2.31 bits per heavy atom. The van der Waals surface area contributed by atoms with E-state index in [1.165, 1.54) is 11.8 Å². The first-order valence-electron chi connectivity index (χ1n) is 8.59. The Labute approximate surface area is 158 Å². The van der Waals surface area contributed by atoms with Crippen LogP contribution in [0.2, 0.25) is 0 Å². The van der Waals surface area contributed by atoms with Crippen LogP contribution in [0.15, 0.2) is 41.8 Å². The van der Waals surface area contributed by atoms with Gasteiger partial charge in [-0.1, -0.05) is 36.0 Å². The summed E-state index contributed by atoms with van der Waals surface area (Å²) in [5.41, 5.74) is 7.47. The third-order valence-corrected chi connectivity index (χ3v) is 5.81. The molecule has 0 N–H and O–H groups in total. The van der Waals surface area contributed by atoms with Crippen LogP contribution in [0.1, 0.15) is 38.2 Å². The molecular weight excluding hydrogens is 342 g/mol. The number of thioether (sulfide) groups is 1. The lowest BCUT2D eigenvalue weighted by atomic mass is 9.92. The van der Waals surface area contributed by atoms with E-state index in [2.05, 4.69) is 43.1 Å². The van der Waals surface area contributed by atoms with Gasteiger partial charge in [-0.3, -0.25) is 9.36 Å². The number of nitrogens with zero attached hydrogens (tertiary/aromatic N) is 3. The average Bonchev–Trinajstić information content (AvgIpc) is 3.07. The summed E-state index contributed by atoms with van der Waals surface area (Å²) in [6.07, 6.45) is 1.70. The summed E-state index contributed by atoms with van der Waals surface area (Å²) in [7, 11) is 0. The Morgan fingerprint density at radius 2 is 1.65 bits per heavy atom. The first-order chi connectivity index (χ1) is 12.4. The van der Waals surface area contributed by atoms with Crippen LogP contribution in [0, 0.1) is 34.6 Å². The number of hydrogen-bond acceptors (Lipinski definition) is 4. The van der Waals surface area contributed by atoms with Crippen molar-refractivity contribution in [1.82, 2.24) is 14.8 Å². The van der Waals surface area contributed by atoms with Crippen LogP contribution in [-0.4, -0.2) is 26.3 Å². The standard InChI is InChI=1S/C21H23N3OS/c1-13-8-6-7-9-18(13)24-12-22-23-21(24)26-11-19(25)20-16(4)14(2)10-15(3)17(20)5/h6-10,12H,11H2,1-5H3. The minimum atomic E-state index is 0.135. The van der Waals surface area contributed by atoms with Gasteiger partial charge >= 0.3 is 0 Å². The van der Waals surface area contributed by atoms with Crippen LogP contribution >= 0.6 is 11.8 Å². The Bertz CT molecular complexity index is 949. The van der Waals surface area contributed by atoms with Crippen molar-refractivity contribution in [3.05, 3.63) is 70.0 Å². The molecule has 0 aliphatic rings. The zero-order valence-electron chi connectivity index (χ0n) is 15.8. The van der Waals surface area contributed by atoms with Crippen molar-refractivity contribution < 1.29 is 4.79 Å². The first kappa shape index (κ1) is 18.4. The van der Waals surface area contributed by atoms with Crippen LogP contribution in [0.25, 0.3) is 5.69 Å². The van der Waals surface area contributed by atoms with E-state index in [0.717, 1.165) is 44.2 Å². The molecule has 0 saturated carbocycles. The maximum absolute atomic E-state index is 12.9. The van der Waals surface area contributed by atoms with E-state index in [4.69, 9.17) is 0 Å². The molecule has 2 aromatic carbocycles. The molecule has 0 aliphatic heterocycles. The fourth-order valence-corrected chi connectivity index (χ4v) is 3.95. The van der Waals surface area contributed by atoms with E-state index < -0.39 is 0 Å². The number of Topliss-reactive ketones (excluding diaryl/α,β-unsaturated/α-hetero) is 1. The highest BCUT2D eigenvalue weighted by molar-refractivity contribution is 7.99. The van der Waals surface area contributed by atoms with E-state index in [1.54, 1.807) is 6.33 Å². The van der Waals surface area contributed by atoms with Crippen LogP contribution in [0.5, 0.6) is 0 Å². The lowest BCUT2D eigenvalue weighted by Gasteiger charge is -2.14. The van der Waals surface area contributed by atoms with Crippen molar-refractivity contribution in [2.24, 2.45) is 0 Å². The highest BCUT2D eigenvalue weighted by atomic mass is 32.2. The van der Waals surface area contributed by atoms with Crippen LogP contribution < -0.4 is 0 Å². The smallest absolute Gasteiger partial charge is 0.196 e. The van der Waals surface area contributed by atoms with Crippen molar-refractivity contribution in [1.29, 1.82) is 0 Å². The Balaban J connectivity index is 1.85. The fourth-order valence-electron chi connectivity index (χ4n) is 3.16. The SMILES string of the molecule is Cc1ccccc1-n1cnnc1SCC(=O)c1c(C)c(C)cc(C)c1C.